The first kappa shape index (κ1) is 11.3. The molecule has 1 N–H and O–H groups in total. The Kier molecular flexibility index (Phi) is 2.79. The fourth-order valence-electron chi connectivity index (χ4n) is 1.80. The quantitative estimate of drug-likeness (QED) is 0.875. The molecule has 0 aliphatic carbocycles. The number of nitrogens with one attached hydrogen (secondary N) is 1. The predicted octanol–water partition coefficient (Wildman–Crippen LogP) is 1.97. The Morgan fingerprint density at radius 3 is 2.94 bits per heavy atom. The molecule has 0 unspecified atom stereocenters. The molecule has 0 radical (unpaired) electrons. The lowest BCUT2D eigenvalue weighted by atomic mass is 10.1. The van der Waals surface area contributed by atoms with Crippen molar-refractivity contribution < 1.29 is 9.47 Å². The molecule has 0 saturated heterocycles. The highest BCUT2D eigenvalue weighted by Crippen LogP contribution is 2.40. The summed E-state index contributed by atoms with van der Waals surface area (Å²) in [6.07, 6.45) is 3.04. The third-order valence-electron chi connectivity index (χ3n) is 2.58. The summed E-state index contributed by atoms with van der Waals surface area (Å²) >= 11 is 3.41. The molecule has 0 saturated carbocycles. The van der Waals surface area contributed by atoms with E-state index < -0.39 is 0 Å². The van der Waals surface area contributed by atoms with Crippen LogP contribution in [0.4, 0.5) is 0 Å². The molecule has 0 spiro atoms. The summed E-state index contributed by atoms with van der Waals surface area (Å²) in [6.45, 7) is 1.02. The Hall–Kier alpha value is -1.82. The normalized spacial score (nSPS) is 13.4. The minimum Gasteiger partial charge on any atom is -0.486 e. The average Bonchev–Trinajstić information content (AvgIpc) is 2.39. The van der Waals surface area contributed by atoms with Gasteiger partial charge in [0.15, 0.2) is 11.5 Å². The van der Waals surface area contributed by atoms with Crippen LogP contribution >= 0.6 is 15.9 Å². The number of aromatic nitrogens is 2. The molecule has 1 aliphatic rings. The smallest absolute Gasteiger partial charge is 0.274 e. The zero-order valence-electron chi connectivity index (χ0n) is 9.27. The van der Waals surface area contributed by atoms with Gasteiger partial charge < -0.3 is 14.5 Å². The number of hydrogen-bond acceptors (Lipinski definition) is 4. The molecule has 92 valence electrons. The van der Waals surface area contributed by atoms with Crippen LogP contribution in [0.2, 0.25) is 0 Å². The third kappa shape index (κ3) is 1.88. The van der Waals surface area contributed by atoms with Crippen molar-refractivity contribution in [3.63, 3.8) is 0 Å². The topological polar surface area (TPSA) is 64.2 Å². The molecule has 2 heterocycles. The van der Waals surface area contributed by atoms with Crippen LogP contribution in [0.15, 0.2) is 33.8 Å². The zero-order valence-corrected chi connectivity index (χ0v) is 10.9. The first-order valence-corrected chi connectivity index (χ1v) is 6.18. The fraction of sp³-hybridized carbons (Fsp3) is 0.167. The highest BCUT2D eigenvalue weighted by atomic mass is 79.9. The number of rotatable bonds is 1. The van der Waals surface area contributed by atoms with E-state index in [1.165, 1.54) is 6.20 Å². The Morgan fingerprint density at radius 2 is 2.11 bits per heavy atom. The lowest BCUT2D eigenvalue weighted by Crippen LogP contribution is -2.16. The Morgan fingerprint density at radius 1 is 1.28 bits per heavy atom. The second-order valence-electron chi connectivity index (χ2n) is 3.75. The van der Waals surface area contributed by atoms with Crippen LogP contribution in [0.25, 0.3) is 11.3 Å². The SMILES string of the molecule is O=c1[nH]ccnc1-c1cc(Br)c2c(c1)OCCO2. The van der Waals surface area contributed by atoms with Crippen molar-refractivity contribution in [1.82, 2.24) is 9.97 Å². The number of aromatic amines is 1. The number of fused-ring (bicyclic) bond motifs is 1. The minimum absolute atomic E-state index is 0.235. The largest absolute Gasteiger partial charge is 0.486 e. The molecule has 0 amide bonds. The van der Waals surface area contributed by atoms with E-state index >= 15 is 0 Å². The lowest BCUT2D eigenvalue weighted by molar-refractivity contribution is 0.170. The van der Waals surface area contributed by atoms with Gasteiger partial charge in [0.2, 0.25) is 0 Å². The van der Waals surface area contributed by atoms with Crippen molar-refractivity contribution in [2.24, 2.45) is 0 Å². The molecule has 1 aromatic carbocycles. The summed E-state index contributed by atoms with van der Waals surface area (Å²) in [6, 6.07) is 3.56. The van der Waals surface area contributed by atoms with Crippen molar-refractivity contribution in [2.45, 2.75) is 0 Å². The van der Waals surface area contributed by atoms with Gasteiger partial charge in [-0.1, -0.05) is 0 Å². The maximum atomic E-state index is 11.7. The molecule has 2 aromatic rings. The molecule has 1 aliphatic heterocycles. The van der Waals surface area contributed by atoms with Gasteiger partial charge in [0, 0.05) is 18.0 Å². The number of nitrogens with zero attached hydrogens (tertiary/aromatic N) is 1. The monoisotopic (exact) mass is 308 g/mol. The molecule has 3 rings (SSSR count). The van der Waals surface area contributed by atoms with E-state index in [0.717, 1.165) is 4.47 Å². The minimum atomic E-state index is -0.235. The highest BCUT2D eigenvalue weighted by Gasteiger charge is 2.18. The summed E-state index contributed by atoms with van der Waals surface area (Å²) in [4.78, 5) is 18.4. The van der Waals surface area contributed by atoms with Crippen LogP contribution in [0, 0.1) is 0 Å². The standard InChI is InChI=1S/C12H9BrN2O3/c13-8-5-7(10-12(16)15-2-1-14-10)6-9-11(8)18-4-3-17-9/h1-2,5-6H,3-4H2,(H,15,16). The summed E-state index contributed by atoms with van der Waals surface area (Å²) in [5, 5.41) is 0. The molecule has 0 fully saturated rings. The number of H-pyrrole nitrogens is 1. The van der Waals surface area contributed by atoms with Crippen molar-refractivity contribution in [3.05, 3.63) is 39.4 Å². The summed E-state index contributed by atoms with van der Waals surface area (Å²) in [7, 11) is 0. The van der Waals surface area contributed by atoms with E-state index in [9.17, 15) is 4.79 Å². The van der Waals surface area contributed by atoms with Crippen molar-refractivity contribution in [1.29, 1.82) is 0 Å². The maximum Gasteiger partial charge on any atom is 0.274 e. The van der Waals surface area contributed by atoms with Crippen LogP contribution < -0.4 is 15.0 Å². The summed E-state index contributed by atoms with van der Waals surface area (Å²) < 4.78 is 11.8. The van der Waals surface area contributed by atoms with E-state index in [1.54, 1.807) is 18.3 Å². The average molecular weight is 309 g/mol. The Balaban J connectivity index is 2.17. The van der Waals surface area contributed by atoms with Crippen LogP contribution in [-0.4, -0.2) is 23.2 Å². The Labute approximate surface area is 111 Å². The van der Waals surface area contributed by atoms with E-state index in [4.69, 9.17) is 9.47 Å². The molecular weight excluding hydrogens is 300 g/mol. The van der Waals surface area contributed by atoms with Gasteiger partial charge in [0.05, 0.1) is 4.47 Å². The molecule has 0 bridgehead atoms. The van der Waals surface area contributed by atoms with Gasteiger partial charge in [0.25, 0.3) is 5.56 Å². The third-order valence-corrected chi connectivity index (χ3v) is 3.17. The molecule has 18 heavy (non-hydrogen) atoms. The first-order valence-electron chi connectivity index (χ1n) is 5.39. The summed E-state index contributed by atoms with van der Waals surface area (Å²) in [5.74, 6) is 1.29. The molecule has 5 nitrogen and oxygen atoms in total. The van der Waals surface area contributed by atoms with Gasteiger partial charge in [-0.05, 0) is 28.1 Å². The number of benzene rings is 1. The second kappa shape index (κ2) is 4.45. The summed E-state index contributed by atoms with van der Waals surface area (Å²) in [5.41, 5.74) is 0.809. The van der Waals surface area contributed by atoms with Gasteiger partial charge >= 0.3 is 0 Å². The van der Waals surface area contributed by atoms with Crippen LogP contribution in [0.3, 0.4) is 0 Å². The van der Waals surface area contributed by atoms with E-state index in [1.807, 2.05) is 0 Å². The first-order chi connectivity index (χ1) is 8.75. The zero-order chi connectivity index (χ0) is 12.5. The number of halogens is 1. The molecule has 6 heteroatoms. The van der Waals surface area contributed by atoms with Crippen molar-refractivity contribution >= 4 is 15.9 Å². The van der Waals surface area contributed by atoms with Gasteiger partial charge in [-0.25, -0.2) is 4.98 Å². The van der Waals surface area contributed by atoms with Gasteiger partial charge in [-0.2, -0.15) is 0 Å². The molecular formula is C12H9BrN2O3. The highest BCUT2D eigenvalue weighted by molar-refractivity contribution is 9.10. The van der Waals surface area contributed by atoms with E-state index in [2.05, 4.69) is 25.9 Å². The van der Waals surface area contributed by atoms with Crippen LogP contribution in [0.5, 0.6) is 11.5 Å². The molecule has 1 aromatic heterocycles. The van der Waals surface area contributed by atoms with Crippen molar-refractivity contribution in [3.8, 4) is 22.8 Å². The van der Waals surface area contributed by atoms with Gasteiger partial charge in [0.1, 0.15) is 18.9 Å². The fourth-order valence-corrected chi connectivity index (χ4v) is 2.36. The Bertz CT molecular complexity index is 654. The van der Waals surface area contributed by atoms with Gasteiger partial charge in [-0.3, -0.25) is 4.79 Å². The molecule has 0 atom stereocenters. The van der Waals surface area contributed by atoms with Gasteiger partial charge in [-0.15, -0.1) is 0 Å². The lowest BCUT2D eigenvalue weighted by Gasteiger charge is -2.20. The number of hydrogen-bond donors (Lipinski definition) is 1. The maximum absolute atomic E-state index is 11.7. The van der Waals surface area contributed by atoms with Crippen LogP contribution in [0.1, 0.15) is 0 Å². The predicted molar refractivity (Wildman–Crippen MR) is 69.0 cm³/mol. The number of ether oxygens (including phenoxy) is 2. The second-order valence-corrected chi connectivity index (χ2v) is 4.60. The van der Waals surface area contributed by atoms with E-state index in [0.29, 0.717) is 36.0 Å². The van der Waals surface area contributed by atoms with E-state index in [-0.39, 0.29) is 5.56 Å². The van der Waals surface area contributed by atoms with Crippen LogP contribution in [-0.2, 0) is 0 Å². The van der Waals surface area contributed by atoms with Crippen molar-refractivity contribution in [2.75, 3.05) is 13.2 Å².